The molecule has 2 amide bonds. The Kier molecular flexibility index (Phi) is 2.83. The molecule has 1 aliphatic heterocycles. The Hall–Kier alpha value is -1.55. The Morgan fingerprint density at radius 2 is 2.31 bits per heavy atom. The first-order valence-electron chi connectivity index (χ1n) is 4.91. The van der Waals surface area contributed by atoms with Gasteiger partial charge in [0, 0.05) is 17.8 Å². The van der Waals surface area contributed by atoms with Gasteiger partial charge in [-0.05, 0) is 23.8 Å². The minimum Gasteiger partial charge on any atom is -0.358 e. The zero-order valence-electron chi connectivity index (χ0n) is 8.79. The highest BCUT2D eigenvalue weighted by atomic mass is 35.5. The third-order valence-corrected chi connectivity index (χ3v) is 2.79. The summed E-state index contributed by atoms with van der Waals surface area (Å²) in [5.74, 6) is -0.253. The first-order chi connectivity index (χ1) is 7.61. The van der Waals surface area contributed by atoms with E-state index in [0.717, 1.165) is 11.3 Å². The number of nitrogens with zero attached hydrogens (tertiary/aromatic N) is 1. The largest absolute Gasteiger partial charge is 0.358 e. The quantitative estimate of drug-likeness (QED) is 0.835. The molecule has 0 spiro atoms. The van der Waals surface area contributed by atoms with Crippen LogP contribution in [0.4, 0.5) is 5.69 Å². The van der Waals surface area contributed by atoms with Crippen LogP contribution in [0.3, 0.4) is 0 Å². The van der Waals surface area contributed by atoms with E-state index in [1.165, 1.54) is 4.90 Å². The van der Waals surface area contributed by atoms with Crippen molar-refractivity contribution in [2.24, 2.45) is 0 Å². The van der Waals surface area contributed by atoms with Crippen LogP contribution in [-0.2, 0) is 16.0 Å². The minimum absolute atomic E-state index is 0.0595. The molecular formula is C11H11ClN2O2. The van der Waals surface area contributed by atoms with Gasteiger partial charge in [0.25, 0.3) is 0 Å². The first kappa shape index (κ1) is 11.0. The first-order valence-corrected chi connectivity index (χ1v) is 5.29. The fourth-order valence-corrected chi connectivity index (χ4v) is 1.94. The van der Waals surface area contributed by atoms with E-state index >= 15 is 0 Å². The molecule has 1 N–H and O–H groups in total. The molecule has 2 rings (SSSR count). The van der Waals surface area contributed by atoms with Crippen LogP contribution in [0.25, 0.3) is 0 Å². The van der Waals surface area contributed by atoms with Crippen LogP contribution in [0.5, 0.6) is 0 Å². The molecule has 0 fully saturated rings. The average Bonchev–Trinajstić information content (AvgIpc) is 2.54. The van der Waals surface area contributed by atoms with Crippen molar-refractivity contribution in [3.8, 4) is 0 Å². The van der Waals surface area contributed by atoms with E-state index in [1.807, 2.05) is 0 Å². The summed E-state index contributed by atoms with van der Waals surface area (Å²) in [5.41, 5.74) is 1.65. The summed E-state index contributed by atoms with van der Waals surface area (Å²) in [4.78, 5) is 24.4. The van der Waals surface area contributed by atoms with E-state index in [1.54, 1.807) is 25.2 Å². The maximum absolute atomic E-state index is 11.7. The third-order valence-electron chi connectivity index (χ3n) is 2.56. The number of likely N-dealkylation sites (N-methyl/N-ethyl adjacent to an activating group) is 1. The van der Waals surface area contributed by atoms with Crippen LogP contribution in [0.2, 0.25) is 5.02 Å². The van der Waals surface area contributed by atoms with Crippen LogP contribution in [-0.4, -0.2) is 25.4 Å². The van der Waals surface area contributed by atoms with Gasteiger partial charge in [-0.15, -0.1) is 0 Å². The average molecular weight is 239 g/mol. The Bertz CT molecular complexity index is 459. The Balaban J connectivity index is 2.29. The standard InChI is InChI=1S/C11H11ClN2O2/c1-13-10(15)6-14-9-3-2-8(12)4-7(9)5-11(14)16/h2-4H,5-6H2,1H3,(H,13,15). The molecule has 1 aromatic rings. The zero-order chi connectivity index (χ0) is 11.7. The lowest BCUT2D eigenvalue weighted by molar-refractivity contribution is -0.122. The zero-order valence-corrected chi connectivity index (χ0v) is 9.54. The minimum atomic E-state index is -0.184. The molecule has 5 heteroatoms. The summed E-state index contributed by atoms with van der Waals surface area (Å²) in [5, 5.41) is 3.10. The number of anilines is 1. The number of hydrogen-bond donors (Lipinski definition) is 1. The smallest absolute Gasteiger partial charge is 0.239 e. The highest BCUT2D eigenvalue weighted by Gasteiger charge is 2.28. The van der Waals surface area contributed by atoms with Crippen LogP contribution >= 0.6 is 11.6 Å². The topological polar surface area (TPSA) is 49.4 Å². The van der Waals surface area contributed by atoms with E-state index in [9.17, 15) is 9.59 Å². The molecule has 1 aromatic carbocycles. The Labute approximate surface area is 98.2 Å². The second-order valence-corrected chi connectivity index (χ2v) is 4.04. The molecule has 0 saturated carbocycles. The molecule has 0 aliphatic carbocycles. The molecule has 0 aromatic heterocycles. The van der Waals surface area contributed by atoms with Gasteiger partial charge < -0.3 is 10.2 Å². The van der Waals surface area contributed by atoms with Gasteiger partial charge in [0.05, 0.1) is 6.42 Å². The SMILES string of the molecule is CNC(=O)CN1C(=O)Cc2cc(Cl)ccc21. The van der Waals surface area contributed by atoms with Crippen LogP contribution in [0.1, 0.15) is 5.56 Å². The molecule has 4 nitrogen and oxygen atoms in total. The molecule has 0 saturated heterocycles. The number of amides is 2. The second-order valence-electron chi connectivity index (χ2n) is 3.60. The predicted octanol–water partition coefficient (Wildman–Crippen LogP) is 0.975. The lowest BCUT2D eigenvalue weighted by Gasteiger charge is -2.16. The van der Waals surface area contributed by atoms with Gasteiger partial charge in [-0.2, -0.15) is 0 Å². The van der Waals surface area contributed by atoms with Crippen LogP contribution in [0.15, 0.2) is 18.2 Å². The van der Waals surface area contributed by atoms with Gasteiger partial charge in [-0.3, -0.25) is 9.59 Å². The lowest BCUT2D eigenvalue weighted by Crippen LogP contribution is -2.37. The van der Waals surface area contributed by atoms with Crippen molar-refractivity contribution in [1.29, 1.82) is 0 Å². The predicted molar refractivity (Wildman–Crippen MR) is 61.6 cm³/mol. The van der Waals surface area contributed by atoms with Crippen molar-refractivity contribution >= 4 is 29.1 Å². The fourth-order valence-electron chi connectivity index (χ4n) is 1.75. The number of halogens is 1. The number of benzene rings is 1. The molecule has 1 aliphatic rings. The van der Waals surface area contributed by atoms with Gasteiger partial charge in [0.2, 0.25) is 11.8 Å². The molecule has 84 valence electrons. The molecular weight excluding hydrogens is 228 g/mol. The highest BCUT2D eigenvalue weighted by Crippen LogP contribution is 2.30. The summed E-state index contributed by atoms with van der Waals surface area (Å²) in [6.07, 6.45) is 0.312. The van der Waals surface area contributed by atoms with E-state index in [-0.39, 0.29) is 18.4 Å². The maximum atomic E-state index is 11.7. The van der Waals surface area contributed by atoms with E-state index < -0.39 is 0 Å². The molecule has 0 atom stereocenters. The summed E-state index contributed by atoms with van der Waals surface area (Å²) < 4.78 is 0. The molecule has 0 bridgehead atoms. The van der Waals surface area contributed by atoms with Crippen LogP contribution in [0, 0.1) is 0 Å². The van der Waals surface area contributed by atoms with Gasteiger partial charge in [0.1, 0.15) is 6.54 Å². The summed E-state index contributed by atoms with van der Waals surface area (Å²) in [6, 6.07) is 5.25. The molecule has 16 heavy (non-hydrogen) atoms. The van der Waals surface area contributed by atoms with Crippen molar-refractivity contribution in [2.45, 2.75) is 6.42 Å². The lowest BCUT2D eigenvalue weighted by atomic mass is 10.2. The Morgan fingerprint density at radius 3 is 3.00 bits per heavy atom. The number of nitrogens with one attached hydrogen (secondary N) is 1. The van der Waals surface area contributed by atoms with Gasteiger partial charge in [0.15, 0.2) is 0 Å². The van der Waals surface area contributed by atoms with Crippen molar-refractivity contribution < 1.29 is 9.59 Å². The summed E-state index contributed by atoms with van der Waals surface area (Å²) in [6.45, 7) is 0.0595. The van der Waals surface area contributed by atoms with Gasteiger partial charge >= 0.3 is 0 Å². The second kappa shape index (κ2) is 4.14. The monoisotopic (exact) mass is 238 g/mol. The van der Waals surface area contributed by atoms with E-state index in [0.29, 0.717) is 11.4 Å². The molecule has 0 radical (unpaired) electrons. The fraction of sp³-hybridized carbons (Fsp3) is 0.273. The number of carbonyl (C=O) groups is 2. The normalized spacial score (nSPS) is 13.9. The Morgan fingerprint density at radius 1 is 1.56 bits per heavy atom. The maximum Gasteiger partial charge on any atom is 0.239 e. The molecule has 1 heterocycles. The third kappa shape index (κ3) is 1.88. The van der Waals surface area contributed by atoms with Gasteiger partial charge in [-0.25, -0.2) is 0 Å². The molecule has 0 unspecified atom stereocenters. The van der Waals surface area contributed by atoms with Crippen molar-refractivity contribution in [3.63, 3.8) is 0 Å². The van der Waals surface area contributed by atoms with Crippen molar-refractivity contribution in [2.75, 3.05) is 18.5 Å². The number of hydrogen-bond acceptors (Lipinski definition) is 2. The summed E-state index contributed by atoms with van der Waals surface area (Å²) >= 11 is 5.84. The van der Waals surface area contributed by atoms with Crippen LogP contribution < -0.4 is 10.2 Å². The van der Waals surface area contributed by atoms with E-state index in [2.05, 4.69) is 5.32 Å². The van der Waals surface area contributed by atoms with Crippen molar-refractivity contribution in [1.82, 2.24) is 5.32 Å². The number of rotatable bonds is 2. The highest BCUT2D eigenvalue weighted by molar-refractivity contribution is 6.30. The summed E-state index contributed by atoms with van der Waals surface area (Å²) in [7, 11) is 1.55. The van der Waals surface area contributed by atoms with Gasteiger partial charge in [-0.1, -0.05) is 11.6 Å². The number of fused-ring (bicyclic) bond motifs is 1. The van der Waals surface area contributed by atoms with Crippen molar-refractivity contribution in [3.05, 3.63) is 28.8 Å². The van der Waals surface area contributed by atoms with E-state index in [4.69, 9.17) is 11.6 Å². The number of carbonyl (C=O) groups excluding carboxylic acids is 2.